The Morgan fingerprint density at radius 1 is 1.29 bits per heavy atom. The Bertz CT molecular complexity index is 511. The Labute approximate surface area is 163 Å². The molecule has 2 atom stereocenters. The Morgan fingerprint density at radius 2 is 1.92 bits per heavy atom. The van der Waals surface area contributed by atoms with Crippen molar-refractivity contribution in [2.75, 3.05) is 11.5 Å². The van der Waals surface area contributed by atoms with E-state index < -0.39 is 0 Å². The van der Waals surface area contributed by atoms with Crippen molar-refractivity contribution < 1.29 is 9.59 Å². The zero-order valence-corrected chi connectivity index (χ0v) is 18.5. The molecule has 2 nitrogen and oxygen atoms in total. The lowest BCUT2D eigenvalue weighted by Crippen LogP contribution is -2.32. The molecular formula is C18H28O2S4. The van der Waals surface area contributed by atoms with Crippen LogP contribution < -0.4 is 0 Å². The zero-order chi connectivity index (χ0) is 18.5. The molecule has 0 amide bonds. The monoisotopic (exact) mass is 404 g/mol. The minimum Gasteiger partial charge on any atom is -0.282 e. The topological polar surface area (TPSA) is 34.1 Å². The van der Waals surface area contributed by atoms with E-state index in [0.29, 0.717) is 15.4 Å². The Kier molecular flexibility index (Phi) is 8.57. The maximum absolute atomic E-state index is 12.0. The molecule has 1 rings (SSSR count). The van der Waals surface area contributed by atoms with Gasteiger partial charge in [0.05, 0.1) is 4.58 Å². The summed E-state index contributed by atoms with van der Waals surface area (Å²) in [5, 5.41) is 0.639. The van der Waals surface area contributed by atoms with E-state index in [9.17, 15) is 9.59 Å². The molecule has 0 saturated carbocycles. The molecule has 1 fully saturated rings. The highest BCUT2D eigenvalue weighted by Crippen LogP contribution is 2.52. The molecule has 0 bridgehead atoms. The van der Waals surface area contributed by atoms with E-state index in [1.807, 2.05) is 23.5 Å². The third-order valence-corrected chi connectivity index (χ3v) is 10.1. The molecule has 1 saturated heterocycles. The molecule has 6 heteroatoms. The number of hydrogen-bond acceptors (Lipinski definition) is 6. The highest BCUT2D eigenvalue weighted by atomic mass is 32.2. The maximum Gasteiger partial charge on any atom is 0.214 e. The van der Waals surface area contributed by atoms with Gasteiger partial charge in [-0.25, -0.2) is 0 Å². The smallest absolute Gasteiger partial charge is 0.214 e. The van der Waals surface area contributed by atoms with Gasteiger partial charge in [-0.2, -0.15) is 0 Å². The third-order valence-electron chi connectivity index (χ3n) is 3.56. The van der Waals surface area contributed by atoms with E-state index in [0.717, 1.165) is 17.9 Å². The van der Waals surface area contributed by atoms with Crippen molar-refractivity contribution in [1.29, 1.82) is 0 Å². The first-order valence-corrected chi connectivity index (χ1v) is 11.7. The van der Waals surface area contributed by atoms with Crippen LogP contribution in [0.3, 0.4) is 0 Å². The second-order valence-electron chi connectivity index (χ2n) is 7.35. The van der Waals surface area contributed by atoms with Crippen molar-refractivity contribution in [1.82, 2.24) is 0 Å². The van der Waals surface area contributed by atoms with Crippen LogP contribution in [0, 0.1) is 5.41 Å². The second kappa shape index (κ2) is 9.24. The highest BCUT2D eigenvalue weighted by Gasteiger charge is 2.41. The predicted octanol–water partition coefficient (Wildman–Crippen LogP) is 5.64. The molecule has 136 valence electrons. The quantitative estimate of drug-likeness (QED) is 0.487. The van der Waals surface area contributed by atoms with Crippen LogP contribution in [0.5, 0.6) is 0 Å². The third kappa shape index (κ3) is 7.22. The van der Waals surface area contributed by atoms with Crippen LogP contribution >= 0.6 is 47.0 Å². The van der Waals surface area contributed by atoms with Crippen molar-refractivity contribution in [2.45, 2.75) is 55.6 Å². The number of hydrogen-bond donors (Lipinski definition) is 0. The fourth-order valence-electron chi connectivity index (χ4n) is 2.73. The van der Waals surface area contributed by atoms with Crippen LogP contribution in [0.15, 0.2) is 24.8 Å². The molecule has 0 aliphatic carbocycles. The molecule has 2 unspecified atom stereocenters. The zero-order valence-electron chi connectivity index (χ0n) is 15.2. The summed E-state index contributed by atoms with van der Waals surface area (Å²) in [6.07, 6.45) is 2.34. The Morgan fingerprint density at radius 3 is 2.46 bits per heavy atom. The minimum absolute atomic E-state index is 0.0548. The van der Waals surface area contributed by atoms with Gasteiger partial charge in [-0.05, 0) is 30.4 Å². The molecule has 1 heterocycles. The van der Waals surface area contributed by atoms with Crippen LogP contribution in [-0.4, -0.2) is 36.3 Å². The van der Waals surface area contributed by atoms with Crippen molar-refractivity contribution in [2.24, 2.45) is 5.41 Å². The lowest BCUT2D eigenvalue weighted by molar-refractivity contribution is -0.108. The van der Waals surface area contributed by atoms with Gasteiger partial charge in [0.1, 0.15) is 0 Å². The van der Waals surface area contributed by atoms with E-state index in [2.05, 4.69) is 40.9 Å². The van der Waals surface area contributed by atoms with E-state index in [1.165, 1.54) is 29.6 Å². The fourth-order valence-corrected chi connectivity index (χ4v) is 8.52. The van der Waals surface area contributed by atoms with E-state index >= 15 is 0 Å². The molecule has 1 aliphatic heterocycles. The average molecular weight is 405 g/mol. The van der Waals surface area contributed by atoms with Crippen molar-refractivity contribution in [3.8, 4) is 0 Å². The van der Waals surface area contributed by atoms with Crippen LogP contribution in [0.1, 0.15) is 41.0 Å². The van der Waals surface area contributed by atoms with Gasteiger partial charge in [-0.1, -0.05) is 64.4 Å². The summed E-state index contributed by atoms with van der Waals surface area (Å²) in [6.45, 7) is 17.9. The second-order valence-corrected chi connectivity index (χ2v) is 12.9. The predicted molar refractivity (Wildman–Crippen MR) is 115 cm³/mol. The van der Waals surface area contributed by atoms with Crippen molar-refractivity contribution >= 4 is 57.3 Å². The van der Waals surface area contributed by atoms with Gasteiger partial charge in [0.2, 0.25) is 10.2 Å². The summed E-state index contributed by atoms with van der Waals surface area (Å²) in [5.74, 6) is 1.93. The maximum atomic E-state index is 12.0. The first kappa shape index (κ1) is 22.3. The van der Waals surface area contributed by atoms with Gasteiger partial charge in [0.15, 0.2) is 0 Å². The Balaban J connectivity index is 2.59. The normalized spacial score (nSPS) is 21.5. The summed E-state index contributed by atoms with van der Waals surface area (Å²) >= 11 is 6.72. The summed E-state index contributed by atoms with van der Waals surface area (Å²) in [5.41, 5.74) is 0.725. The van der Waals surface area contributed by atoms with Gasteiger partial charge in [-0.3, -0.25) is 9.59 Å². The molecule has 1 aliphatic rings. The van der Waals surface area contributed by atoms with Gasteiger partial charge in [0, 0.05) is 21.5 Å². The summed E-state index contributed by atoms with van der Waals surface area (Å²) in [6, 6.07) is 0. The summed E-state index contributed by atoms with van der Waals surface area (Å²) in [7, 11) is 0. The van der Waals surface area contributed by atoms with Crippen molar-refractivity contribution in [3.05, 3.63) is 24.8 Å². The first-order chi connectivity index (χ1) is 11.0. The lowest BCUT2D eigenvalue weighted by Gasteiger charge is -2.37. The number of rotatable bonds is 8. The van der Waals surface area contributed by atoms with Crippen molar-refractivity contribution in [3.63, 3.8) is 0 Å². The van der Waals surface area contributed by atoms with E-state index in [-0.39, 0.29) is 20.4 Å². The highest BCUT2D eigenvalue weighted by molar-refractivity contribution is 8.21. The van der Waals surface area contributed by atoms with E-state index in [4.69, 9.17) is 0 Å². The SMILES string of the molecule is C=CC(=O)SCC1CSC(C(C)(C)CC(C)(C)SC(=O)C(=C)C)S1. The largest absolute Gasteiger partial charge is 0.282 e. The van der Waals surface area contributed by atoms with Gasteiger partial charge >= 0.3 is 0 Å². The molecule has 0 aromatic rings. The molecule has 0 spiro atoms. The van der Waals surface area contributed by atoms with Gasteiger partial charge in [-0.15, -0.1) is 23.5 Å². The molecular weight excluding hydrogens is 376 g/mol. The Hall–Kier alpha value is 0.220. The molecule has 0 N–H and O–H groups in total. The van der Waals surface area contributed by atoms with Crippen LogP contribution in [0.25, 0.3) is 0 Å². The molecule has 0 radical (unpaired) electrons. The average Bonchev–Trinajstić information content (AvgIpc) is 2.92. The summed E-state index contributed by atoms with van der Waals surface area (Å²) < 4.78 is 0.369. The molecule has 0 aromatic heterocycles. The standard InChI is InChI=1S/C18H28O2S4/c1-8-14(19)21-9-13-10-22-16(23-13)17(4,5)11-18(6,7)24-15(20)12(2)3/h8,13,16H,1-2,9-11H2,3-7H3. The van der Waals surface area contributed by atoms with Crippen LogP contribution in [-0.2, 0) is 9.59 Å². The van der Waals surface area contributed by atoms with Crippen LogP contribution in [0.2, 0.25) is 0 Å². The lowest BCUT2D eigenvalue weighted by atomic mass is 9.85. The van der Waals surface area contributed by atoms with Gasteiger partial charge in [0.25, 0.3) is 0 Å². The van der Waals surface area contributed by atoms with Crippen LogP contribution in [0.4, 0.5) is 0 Å². The molecule has 24 heavy (non-hydrogen) atoms. The number of carbonyl (C=O) groups is 2. The number of carbonyl (C=O) groups excluding carboxylic acids is 2. The van der Waals surface area contributed by atoms with Gasteiger partial charge < -0.3 is 0 Å². The molecule has 0 aromatic carbocycles. The first-order valence-electron chi connectivity index (χ1n) is 7.92. The van der Waals surface area contributed by atoms with E-state index in [1.54, 1.807) is 6.92 Å². The minimum atomic E-state index is -0.119. The fraction of sp³-hybridized carbons (Fsp3) is 0.667. The number of thioether (sulfide) groups is 4. The summed E-state index contributed by atoms with van der Waals surface area (Å²) in [4.78, 5) is 23.4.